The molecule has 2 aliphatic heterocycles. The van der Waals surface area contributed by atoms with Gasteiger partial charge in [0.05, 0.1) is 95.4 Å². The molecule has 0 spiro atoms. The van der Waals surface area contributed by atoms with Gasteiger partial charge >= 0.3 is 12.4 Å². The number of para-hydroxylation sites is 4. The quantitative estimate of drug-likeness (QED) is 0.0444. The second-order valence-corrected chi connectivity index (χ2v) is 27.6. The van der Waals surface area contributed by atoms with E-state index >= 15 is 0 Å². The zero-order valence-electron chi connectivity index (χ0n) is 61.5. The van der Waals surface area contributed by atoms with Crippen LogP contribution in [0.3, 0.4) is 0 Å². The number of nitrogens with zero attached hydrogens (tertiary/aromatic N) is 10. The zero-order valence-corrected chi connectivity index (χ0v) is 61.5. The molecule has 8 aromatic carbocycles. The number of hydrogen-bond acceptors (Lipinski definition) is 10. The van der Waals surface area contributed by atoms with E-state index < -0.39 is 47.1 Å². The van der Waals surface area contributed by atoms with Crippen molar-refractivity contribution in [2.45, 2.75) is 25.4 Å². The molecule has 0 radical (unpaired) electrons. The molecule has 0 atom stereocenters. The average molecular weight is 1550 g/mol. The van der Waals surface area contributed by atoms with Crippen LogP contribution in [-0.4, -0.2) is 81.8 Å². The largest absolute Gasteiger partial charge is 0.416 e. The van der Waals surface area contributed by atoms with Crippen LogP contribution in [0, 0.1) is 0 Å². The van der Waals surface area contributed by atoms with Crippen molar-refractivity contribution in [2.75, 3.05) is 21.3 Å². The highest BCUT2D eigenvalue weighted by Crippen LogP contribution is 2.44. The van der Waals surface area contributed by atoms with E-state index in [-0.39, 0.29) is 13.1 Å². The first-order valence-corrected chi connectivity index (χ1v) is 36.5. The molecule has 0 saturated carbocycles. The Morgan fingerprint density at radius 1 is 0.353 bits per heavy atom. The van der Waals surface area contributed by atoms with Gasteiger partial charge < -0.3 is 49.5 Å². The van der Waals surface area contributed by atoms with E-state index in [4.69, 9.17) is 9.97 Å². The molecule has 0 aliphatic carbocycles. The first-order valence-electron chi connectivity index (χ1n) is 36.5. The molecule has 0 saturated heterocycles. The lowest BCUT2D eigenvalue weighted by Gasteiger charge is -2.15. The lowest BCUT2D eigenvalue weighted by molar-refractivity contribution is -0.138. The Balaban J connectivity index is 0.828. The Kier molecular flexibility index (Phi) is 19.2. The maximum Gasteiger partial charge on any atom is 0.416 e. The van der Waals surface area contributed by atoms with E-state index in [2.05, 4.69) is 51.2 Å². The fourth-order valence-corrected chi connectivity index (χ4v) is 14.5. The monoisotopic (exact) mass is 1550 g/mol. The highest BCUT2D eigenvalue weighted by atomic mass is 19.4. The predicted molar refractivity (Wildman–Crippen MR) is 435 cm³/mol. The minimum Gasteiger partial charge on any atom is -0.354 e. The van der Waals surface area contributed by atoms with Gasteiger partial charge in [0.15, 0.2) is 0 Å². The third-order valence-corrected chi connectivity index (χ3v) is 20.2. The number of rotatable bonds is 18. The number of hydrogen-bond donors (Lipinski definition) is 6. The predicted octanol–water partition coefficient (Wildman–Crippen LogP) is 19.7. The van der Waals surface area contributed by atoms with E-state index in [0.29, 0.717) is 168 Å². The Morgan fingerprint density at radius 2 is 0.664 bits per heavy atom. The van der Waals surface area contributed by atoms with Gasteiger partial charge in [-0.15, -0.1) is 0 Å². The molecule has 26 heteroatoms. The van der Waals surface area contributed by atoms with E-state index in [1.807, 2.05) is 121 Å². The number of halogens is 6. The molecule has 2 aliphatic rings. The van der Waals surface area contributed by atoms with Gasteiger partial charge in [-0.3, -0.25) is 19.2 Å². The smallest absolute Gasteiger partial charge is 0.354 e. The molecule has 7 aromatic heterocycles. The summed E-state index contributed by atoms with van der Waals surface area (Å²) >= 11 is 0. The van der Waals surface area contributed by atoms with Crippen LogP contribution < -0.4 is 21.3 Å². The van der Waals surface area contributed by atoms with E-state index in [1.165, 1.54) is 49.3 Å². The molecule has 0 unspecified atom stereocenters. The number of amides is 4. The van der Waals surface area contributed by atoms with Crippen molar-refractivity contribution in [1.82, 2.24) is 58.1 Å². The molecule has 570 valence electrons. The van der Waals surface area contributed by atoms with Crippen molar-refractivity contribution >= 4 is 92.7 Å². The molecule has 9 heterocycles. The van der Waals surface area contributed by atoms with Gasteiger partial charge in [0, 0.05) is 128 Å². The minimum absolute atomic E-state index is 0.226. The van der Waals surface area contributed by atoms with Gasteiger partial charge in [0.1, 0.15) is 11.4 Å². The number of carbonyl (C=O) groups is 4. The number of imidazole rings is 4. The lowest BCUT2D eigenvalue weighted by atomic mass is 10.0. The lowest BCUT2D eigenvalue weighted by Crippen LogP contribution is -2.16. The highest BCUT2D eigenvalue weighted by molar-refractivity contribution is 6.12. The molecule has 0 fully saturated rings. The average Bonchev–Trinajstić information content (AvgIpc) is 1.59. The van der Waals surface area contributed by atoms with Crippen molar-refractivity contribution in [3.63, 3.8) is 0 Å². The van der Waals surface area contributed by atoms with Crippen LogP contribution in [0.4, 0.5) is 49.1 Å². The van der Waals surface area contributed by atoms with Gasteiger partial charge in [0.2, 0.25) is 0 Å². The summed E-state index contributed by atoms with van der Waals surface area (Å²) in [5.74, 6) is -1.78. The number of H-pyrrole nitrogens is 2. The maximum atomic E-state index is 15.0. The number of benzene rings is 8. The Hall–Kier alpha value is -15.3. The van der Waals surface area contributed by atoms with Crippen LogP contribution in [0.25, 0.3) is 113 Å². The molecule has 4 amide bonds. The normalized spacial score (nSPS) is 11.9. The summed E-state index contributed by atoms with van der Waals surface area (Å²) in [5, 5.41) is 12.7. The van der Waals surface area contributed by atoms with Crippen molar-refractivity contribution in [1.29, 1.82) is 0 Å². The fourth-order valence-electron chi connectivity index (χ4n) is 14.5. The number of aromatic nitrogens is 12. The fraction of sp³-hybridized carbons (Fsp3) is 0.0667. The second-order valence-electron chi connectivity index (χ2n) is 27.6. The first-order chi connectivity index (χ1) is 56.2. The molecule has 8 bridgehead atoms. The molecule has 17 rings (SSSR count). The number of alkyl halides is 6. The van der Waals surface area contributed by atoms with Crippen molar-refractivity contribution in [2.24, 2.45) is 14.1 Å². The highest BCUT2D eigenvalue weighted by Gasteiger charge is 2.32. The summed E-state index contributed by atoms with van der Waals surface area (Å²) in [5.41, 5.74) is 13.2. The van der Waals surface area contributed by atoms with Crippen LogP contribution in [0.15, 0.2) is 268 Å². The third-order valence-electron chi connectivity index (χ3n) is 20.2. The Labute approximate surface area is 657 Å². The Morgan fingerprint density at radius 3 is 0.974 bits per heavy atom. The molecule has 6 N–H and O–H groups in total. The number of anilines is 4. The molecule has 116 heavy (non-hydrogen) atoms. The summed E-state index contributed by atoms with van der Waals surface area (Å²) in [4.78, 5) is 94.5. The summed E-state index contributed by atoms with van der Waals surface area (Å²) in [6.45, 7) is 0.452. The molecular weight excluding hydrogens is 1480 g/mol. The summed E-state index contributed by atoms with van der Waals surface area (Å²) in [7, 11) is 3.45. The summed E-state index contributed by atoms with van der Waals surface area (Å²) in [6, 6.07) is 60.8. The number of aryl methyl sites for hydroxylation is 2. The van der Waals surface area contributed by atoms with Crippen LogP contribution in [0.5, 0.6) is 0 Å². The third kappa shape index (κ3) is 14.7. The Bertz CT molecular complexity index is 6260. The number of fused-ring (bicyclic) bond motifs is 8. The first kappa shape index (κ1) is 73.5. The zero-order chi connectivity index (χ0) is 79.9. The van der Waals surface area contributed by atoms with Crippen LogP contribution in [0.1, 0.15) is 86.7 Å². The van der Waals surface area contributed by atoms with Gasteiger partial charge in [-0.2, -0.15) is 26.3 Å². The van der Waals surface area contributed by atoms with E-state index in [9.17, 15) is 45.5 Å². The summed E-state index contributed by atoms with van der Waals surface area (Å²) in [6.07, 6.45) is 10.8. The minimum atomic E-state index is -4.51. The van der Waals surface area contributed by atoms with Gasteiger partial charge in [-0.1, -0.05) is 121 Å². The van der Waals surface area contributed by atoms with Crippen molar-refractivity contribution in [3.8, 4) is 67.0 Å². The standard InChI is InChI=1S/C90H64F6N16O4/c1-109-49-97-45-79(109)87(115)107-67-23-9-5-19-63(67)83-73-37-33-69(101-73)81(61-17-3-7-21-65(61)105-85(113)57-15-11-13-53(41-57)47-111-51-99-43-77(111)55-25-29-59(30-26-55)89(91,92)93)71-35-39-75(103-71)84(64-20-6-10-24-68(64)108-88(116)80-46-98-50-110(80)2)76-40-36-72(104-76)82(70-34-38-74(83)102-70)62-18-4-8-22-66(62)106-86(114)58-16-12-14-54(42-58)48-112-52-100-44-78(112)56-27-31-60(32-28-56)90(94,95)96/h3-46,49-52,101,104H,47-48H2,1-2H3,(H,105,113)(H,106,114)(H,107,115)(H,108,116). The van der Waals surface area contributed by atoms with Crippen LogP contribution >= 0.6 is 0 Å². The molecule has 20 nitrogen and oxygen atoms in total. The second kappa shape index (κ2) is 30.4. The van der Waals surface area contributed by atoms with Crippen molar-refractivity contribution < 1.29 is 45.5 Å². The van der Waals surface area contributed by atoms with Crippen molar-refractivity contribution in [3.05, 3.63) is 336 Å². The van der Waals surface area contributed by atoms with E-state index in [0.717, 1.165) is 24.3 Å². The topological polar surface area (TPSA) is 245 Å². The molecule has 15 aromatic rings. The van der Waals surface area contributed by atoms with Crippen LogP contribution in [0.2, 0.25) is 0 Å². The van der Waals surface area contributed by atoms with Gasteiger partial charge in [-0.05, 0) is 144 Å². The number of carbonyl (C=O) groups excluding carboxylic acids is 4. The number of nitrogens with one attached hydrogen (secondary N) is 6. The SMILES string of the molecule is Cn1cncc1C(=O)Nc1ccccc1-c1c2nc(c(-c3ccccc3NC(=O)c3cccc(Cn4cncc4-c4ccc(C(F)(F)F)cc4)c3)c3ccc([nH]3)c(-c3ccccc3NC(=O)c3cncn3C)c3nc(c(-c4ccccc4NC(=O)c4cccc(Cn5cncc5-c5ccc(C(F)(F)F)cc5)c4)c4ccc1[nH]4)C=C3)C=C2. The van der Waals surface area contributed by atoms with Crippen LogP contribution in [-0.2, 0) is 39.5 Å². The maximum absolute atomic E-state index is 15.0. The summed E-state index contributed by atoms with van der Waals surface area (Å²) < 4.78 is 88.3. The van der Waals surface area contributed by atoms with Gasteiger partial charge in [-0.25, -0.2) is 29.9 Å². The van der Waals surface area contributed by atoms with Gasteiger partial charge in [0.25, 0.3) is 23.6 Å². The number of aromatic amines is 2. The molecular formula is C90H64F6N16O4. The van der Waals surface area contributed by atoms with E-state index in [1.54, 1.807) is 130 Å².